The number of carbonyl (C=O) groups is 2. The first kappa shape index (κ1) is 17.8. The molecule has 1 aliphatic rings. The molecule has 0 aliphatic heterocycles. The van der Waals surface area contributed by atoms with E-state index >= 15 is 0 Å². The van der Waals surface area contributed by atoms with Gasteiger partial charge in [0.15, 0.2) is 0 Å². The van der Waals surface area contributed by atoms with E-state index in [2.05, 4.69) is 10.6 Å². The van der Waals surface area contributed by atoms with Gasteiger partial charge in [-0.25, -0.2) is 0 Å². The standard InChI is InChI=1S/C18H25ClN2O2/c1-12(2)11-20-18(23)14-7-8-15(19)16(10-14)21-17(22)9-13-5-3-4-6-13/h7-8,10,12-13H,3-6,9,11H2,1-2H3,(H,20,23)(H,21,22). The molecule has 2 amide bonds. The van der Waals surface area contributed by atoms with E-state index in [0.717, 1.165) is 12.8 Å². The molecule has 1 aliphatic carbocycles. The lowest BCUT2D eigenvalue weighted by Crippen LogP contribution is -2.27. The molecule has 0 bridgehead atoms. The van der Waals surface area contributed by atoms with Gasteiger partial charge in [0.25, 0.3) is 5.91 Å². The van der Waals surface area contributed by atoms with E-state index in [1.807, 2.05) is 13.8 Å². The summed E-state index contributed by atoms with van der Waals surface area (Å²) in [4.78, 5) is 24.3. The van der Waals surface area contributed by atoms with Crippen LogP contribution in [0, 0.1) is 11.8 Å². The summed E-state index contributed by atoms with van der Waals surface area (Å²) >= 11 is 6.14. The molecule has 1 aromatic carbocycles. The van der Waals surface area contributed by atoms with Gasteiger partial charge in [0, 0.05) is 18.5 Å². The molecule has 2 rings (SSSR count). The third-order valence-electron chi connectivity index (χ3n) is 4.12. The highest BCUT2D eigenvalue weighted by Crippen LogP contribution is 2.29. The molecular formula is C18H25ClN2O2. The molecular weight excluding hydrogens is 312 g/mol. The summed E-state index contributed by atoms with van der Waals surface area (Å²) in [7, 11) is 0. The number of rotatable bonds is 6. The molecule has 0 aromatic heterocycles. The van der Waals surface area contributed by atoms with Gasteiger partial charge < -0.3 is 10.6 Å². The topological polar surface area (TPSA) is 58.2 Å². The molecule has 0 spiro atoms. The van der Waals surface area contributed by atoms with Crippen molar-refractivity contribution in [2.75, 3.05) is 11.9 Å². The van der Waals surface area contributed by atoms with Crippen LogP contribution in [0.4, 0.5) is 5.69 Å². The van der Waals surface area contributed by atoms with Crippen LogP contribution in [-0.2, 0) is 4.79 Å². The maximum absolute atomic E-state index is 12.1. The Bertz CT molecular complexity index is 566. The van der Waals surface area contributed by atoms with E-state index in [1.54, 1.807) is 18.2 Å². The zero-order valence-corrected chi connectivity index (χ0v) is 14.6. The fourth-order valence-electron chi connectivity index (χ4n) is 2.84. The quantitative estimate of drug-likeness (QED) is 0.816. The summed E-state index contributed by atoms with van der Waals surface area (Å²) in [5.41, 5.74) is 1.01. The third kappa shape index (κ3) is 5.54. The van der Waals surface area contributed by atoms with Crippen LogP contribution in [0.3, 0.4) is 0 Å². The van der Waals surface area contributed by atoms with Crippen molar-refractivity contribution in [2.45, 2.75) is 46.0 Å². The first-order chi connectivity index (χ1) is 11.0. The van der Waals surface area contributed by atoms with E-state index in [-0.39, 0.29) is 11.8 Å². The fourth-order valence-corrected chi connectivity index (χ4v) is 3.00. The number of benzene rings is 1. The molecule has 126 valence electrons. The molecule has 2 N–H and O–H groups in total. The number of nitrogens with one attached hydrogen (secondary N) is 2. The Morgan fingerprint density at radius 3 is 2.61 bits per heavy atom. The van der Waals surface area contributed by atoms with Crippen LogP contribution in [0.15, 0.2) is 18.2 Å². The predicted octanol–water partition coefficient (Wildman–Crippen LogP) is 4.24. The highest BCUT2D eigenvalue weighted by molar-refractivity contribution is 6.33. The molecule has 0 saturated heterocycles. The van der Waals surface area contributed by atoms with E-state index in [1.165, 1.54) is 12.8 Å². The van der Waals surface area contributed by atoms with E-state index in [4.69, 9.17) is 11.6 Å². The largest absolute Gasteiger partial charge is 0.352 e. The van der Waals surface area contributed by atoms with Crippen LogP contribution >= 0.6 is 11.6 Å². The summed E-state index contributed by atoms with van der Waals surface area (Å²) in [5, 5.41) is 6.16. The number of hydrogen-bond acceptors (Lipinski definition) is 2. The average molecular weight is 337 g/mol. The molecule has 4 nitrogen and oxygen atoms in total. The third-order valence-corrected chi connectivity index (χ3v) is 4.45. The second-order valence-electron chi connectivity index (χ2n) is 6.70. The van der Waals surface area contributed by atoms with Crippen LogP contribution in [0.25, 0.3) is 0 Å². The van der Waals surface area contributed by atoms with Gasteiger partial charge in [-0.15, -0.1) is 0 Å². The monoisotopic (exact) mass is 336 g/mol. The van der Waals surface area contributed by atoms with Crippen molar-refractivity contribution in [2.24, 2.45) is 11.8 Å². The SMILES string of the molecule is CC(C)CNC(=O)c1ccc(Cl)c(NC(=O)CC2CCCC2)c1. The molecule has 23 heavy (non-hydrogen) atoms. The average Bonchev–Trinajstić information content (AvgIpc) is 2.99. The van der Waals surface area contributed by atoms with Crippen LogP contribution in [0.1, 0.15) is 56.3 Å². The van der Waals surface area contributed by atoms with Gasteiger partial charge in [0.2, 0.25) is 5.91 Å². The minimum Gasteiger partial charge on any atom is -0.352 e. The lowest BCUT2D eigenvalue weighted by Gasteiger charge is -2.12. The summed E-state index contributed by atoms with van der Waals surface area (Å²) in [6, 6.07) is 4.96. The minimum atomic E-state index is -0.151. The van der Waals surface area contributed by atoms with Crippen molar-refractivity contribution in [3.05, 3.63) is 28.8 Å². The highest BCUT2D eigenvalue weighted by Gasteiger charge is 2.19. The zero-order valence-electron chi connectivity index (χ0n) is 13.8. The van der Waals surface area contributed by atoms with Crippen molar-refractivity contribution in [3.8, 4) is 0 Å². The highest BCUT2D eigenvalue weighted by atomic mass is 35.5. The van der Waals surface area contributed by atoms with Crippen LogP contribution < -0.4 is 10.6 Å². The molecule has 1 aromatic rings. The summed E-state index contributed by atoms with van der Waals surface area (Å²) in [6.45, 7) is 4.69. The smallest absolute Gasteiger partial charge is 0.251 e. The van der Waals surface area contributed by atoms with Crippen molar-refractivity contribution in [1.29, 1.82) is 0 Å². The molecule has 0 unspecified atom stereocenters. The molecule has 0 atom stereocenters. The van der Waals surface area contributed by atoms with Gasteiger partial charge in [-0.05, 0) is 42.9 Å². The number of carbonyl (C=O) groups excluding carboxylic acids is 2. The van der Waals surface area contributed by atoms with Gasteiger partial charge >= 0.3 is 0 Å². The van der Waals surface area contributed by atoms with Gasteiger partial charge in [-0.3, -0.25) is 9.59 Å². The Labute approximate surface area is 143 Å². The zero-order chi connectivity index (χ0) is 16.8. The molecule has 1 fully saturated rings. The Balaban J connectivity index is 1.98. The summed E-state index contributed by atoms with van der Waals surface area (Å²) < 4.78 is 0. The van der Waals surface area contributed by atoms with Crippen molar-refractivity contribution in [3.63, 3.8) is 0 Å². The molecule has 1 saturated carbocycles. The van der Waals surface area contributed by atoms with Gasteiger partial charge in [-0.2, -0.15) is 0 Å². The van der Waals surface area contributed by atoms with Crippen molar-refractivity contribution >= 4 is 29.1 Å². The lowest BCUT2D eigenvalue weighted by atomic mass is 10.0. The summed E-state index contributed by atoms with van der Waals surface area (Å²) in [6.07, 6.45) is 5.20. The Hall–Kier alpha value is -1.55. The number of anilines is 1. The summed E-state index contributed by atoms with van der Waals surface area (Å²) in [5.74, 6) is 0.684. The normalized spacial score (nSPS) is 15.0. The second kappa shape index (κ2) is 8.34. The van der Waals surface area contributed by atoms with E-state index < -0.39 is 0 Å². The van der Waals surface area contributed by atoms with E-state index in [0.29, 0.717) is 41.1 Å². The Morgan fingerprint density at radius 2 is 1.96 bits per heavy atom. The molecule has 5 heteroatoms. The van der Waals surface area contributed by atoms with Crippen molar-refractivity contribution < 1.29 is 9.59 Å². The number of halogens is 1. The Morgan fingerprint density at radius 1 is 1.26 bits per heavy atom. The maximum Gasteiger partial charge on any atom is 0.251 e. The van der Waals surface area contributed by atoms with E-state index in [9.17, 15) is 9.59 Å². The second-order valence-corrected chi connectivity index (χ2v) is 7.11. The first-order valence-electron chi connectivity index (χ1n) is 8.33. The van der Waals surface area contributed by atoms with Crippen LogP contribution in [0.5, 0.6) is 0 Å². The lowest BCUT2D eigenvalue weighted by molar-refractivity contribution is -0.117. The van der Waals surface area contributed by atoms with Gasteiger partial charge in [0.05, 0.1) is 10.7 Å². The van der Waals surface area contributed by atoms with Crippen LogP contribution in [0.2, 0.25) is 5.02 Å². The minimum absolute atomic E-state index is 0.0291. The first-order valence-corrected chi connectivity index (χ1v) is 8.71. The van der Waals surface area contributed by atoms with Crippen molar-refractivity contribution in [1.82, 2.24) is 5.32 Å². The number of hydrogen-bond donors (Lipinski definition) is 2. The van der Waals surface area contributed by atoms with Crippen LogP contribution in [-0.4, -0.2) is 18.4 Å². The van der Waals surface area contributed by atoms with Gasteiger partial charge in [-0.1, -0.05) is 38.3 Å². The fraction of sp³-hybridized carbons (Fsp3) is 0.556. The number of amides is 2. The Kier molecular flexibility index (Phi) is 6.46. The molecule has 0 radical (unpaired) electrons. The maximum atomic E-state index is 12.1. The van der Waals surface area contributed by atoms with Gasteiger partial charge in [0.1, 0.15) is 0 Å². The molecule has 0 heterocycles. The predicted molar refractivity (Wildman–Crippen MR) is 93.8 cm³/mol.